The van der Waals surface area contributed by atoms with E-state index in [9.17, 15) is 9.18 Å². The number of hydrogen-bond donors (Lipinski definition) is 1. The third kappa shape index (κ3) is 4.09. The summed E-state index contributed by atoms with van der Waals surface area (Å²) < 4.78 is 14.5. The number of nitrogens with zero attached hydrogens (tertiary/aromatic N) is 6. The Morgan fingerprint density at radius 3 is 2.57 bits per heavy atom. The van der Waals surface area contributed by atoms with E-state index in [0.717, 1.165) is 11.1 Å². The first-order valence-corrected chi connectivity index (χ1v) is 8.57. The van der Waals surface area contributed by atoms with Gasteiger partial charge in [-0.15, -0.1) is 15.0 Å². The van der Waals surface area contributed by atoms with Crippen LogP contribution < -0.4 is 5.32 Å². The fourth-order valence-electron chi connectivity index (χ4n) is 2.57. The van der Waals surface area contributed by atoms with E-state index in [0.29, 0.717) is 5.82 Å². The molecular formula is C19H16FN7O. The predicted molar refractivity (Wildman–Crippen MR) is 98.4 cm³/mol. The number of rotatable bonds is 6. The van der Waals surface area contributed by atoms with Crippen molar-refractivity contribution in [3.8, 4) is 11.4 Å². The average Bonchev–Trinajstić information content (AvgIpc) is 3.38. The Morgan fingerprint density at radius 2 is 1.79 bits per heavy atom. The van der Waals surface area contributed by atoms with Crippen molar-refractivity contribution in [2.45, 2.75) is 13.2 Å². The maximum atomic E-state index is 12.9. The molecule has 8 nitrogen and oxygen atoms in total. The molecule has 1 N–H and O–H groups in total. The van der Waals surface area contributed by atoms with Gasteiger partial charge in [0, 0.05) is 18.3 Å². The van der Waals surface area contributed by atoms with Crippen LogP contribution in [0.25, 0.3) is 11.4 Å². The van der Waals surface area contributed by atoms with E-state index in [-0.39, 0.29) is 30.6 Å². The molecule has 0 aliphatic carbocycles. The number of nitrogens with one attached hydrogen (secondary N) is 1. The summed E-state index contributed by atoms with van der Waals surface area (Å²) in [6, 6.07) is 17.1. The molecule has 0 bridgehead atoms. The number of benzene rings is 2. The third-order valence-corrected chi connectivity index (χ3v) is 4.00. The van der Waals surface area contributed by atoms with Gasteiger partial charge in [0.15, 0.2) is 6.67 Å². The summed E-state index contributed by atoms with van der Waals surface area (Å²) in [4.78, 5) is 13.6. The summed E-state index contributed by atoms with van der Waals surface area (Å²) in [7, 11) is 0. The maximum Gasteiger partial charge on any atom is 0.272 e. The van der Waals surface area contributed by atoms with Crippen LogP contribution in [0.4, 0.5) is 4.39 Å². The minimum absolute atomic E-state index is 0.227. The highest BCUT2D eigenvalue weighted by Crippen LogP contribution is 2.11. The maximum absolute atomic E-state index is 12.9. The Balaban J connectivity index is 1.37. The molecule has 0 aliphatic rings. The highest BCUT2D eigenvalue weighted by atomic mass is 19.1. The van der Waals surface area contributed by atoms with Gasteiger partial charge in [-0.2, -0.15) is 5.10 Å². The van der Waals surface area contributed by atoms with Gasteiger partial charge in [-0.25, -0.2) is 9.07 Å². The number of aromatic nitrogens is 6. The zero-order valence-electron chi connectivity index (χ0n) is 14.7. The van der Waals surface area contributed by atoms with Crippen molar-refractivity contribution in [2.24, 2.45) is 0 Å². The molecule has 0 saturated heterocycles. The Hall–Kier alpha value is -3.88. The van der Waals surface area contributed by atoms with Crippen LogP contribution in [0.3, 0.4) is 0 Å². The minimum atomic E-state index is -0.320. The second-order valence-electron chi connectivity index (χ2n) is 6.04. The normalized spacial score (nSPS) is 10.8. The zero-order valence-corrected chi connectivity index (χ0v) is 14.7. The highest BCUT2D eigenvalue weighted by molar-refractivity contribution is 5.92. The topological polar surface area (TPSA) is 90.5 Å². The van der Waals surface area contributed by atoms with Crippen molar-refractivity contribution >= 4 is 5.91 Å². The summed E-state index contributed by atoms with van der Waals surface area (Å²) in [5.74, 6) is -0.115. The summed E-state index contributed by atoms with van der Waals surface area (Å²) in [5.41, 5.74) is 1.94. The molecule has 0 aliphatic heterocycles. The van der Waals surface area contributed by atoms with Crippen LogP contribution in [0.2, 0.25) is 0 Å². The molecule has 28 heavy (non-hydrogen) atoms. The summed E-state index contributed by atoms with van der Waals surface area (Å²) in [6.45, 7) is 0.516. The Kier molecular flexibility index (Phi) is 4.87. The molecule has 4 rings (SSSR count). The summed E-state index contributed by atoms with van der Waals surface area (Å²) >= 11 is 0. The van der Waals surface area contributed by atoms with Crippen molar-refractivity contribution in [2.75, 3.05) is 0 Å². The molecular weight excluding hydrogens is 361 g/mol. The van der Waals surface area contributed by atoms with Crippen molar-refractivity contribution in [3.63, 3.8) is 0 Å². The molecule has 0 saturated carbocycles. The first kappa shape index (κ1) is 17.5. The van der Waals surface area contributed by atoms with Gasteiger partial charge in [0.05, 0.1) is 0 Å². The lowest BCUT2D eigenvalue weighted by Gasteiger charge is -2.03. The molecule has 0 radical (unpaired) electrons. The van der Waals surface area contributed by atoms with Crippen molar-refractivity contribution < 1.29 is 9.18 Å². The van der Waals surface area contributed by atoms with E-state index in [1.54, 1.807) is 29.1 Å². The van der Waals surface area contributed by atoms with Crippen LogP contribution in [0.15, 0.2) is 66.9 Å². The molecule has 4 aromatic rings. The molecule has 0 spiro atoms. The molecule has 0 atom stereocenters. The molecule has 0 unspecified atom stereocenters. The van der Waals surface area contributed by atoms with E-state index in [2.05, 4.69) is 25.8 Å². The number of halogens is 1. The van der Waals surface area contributed by atoms with Crippen LogP contribution in [0, 0.1) is 5.82 Å². The second-order valence-corrected chi connectivity index (χ2v) is 6.04. The molecule has 0 fully saturated rings. The minimum Gasteiger partial charge on any atom is -0.347 e. The highest BCUT2D eigenvalue weighted by Gasteiger charge is 2.11. The van der Waals surface area contributed by atoms with Gasteiger partial charge in [0.2, 0.25) is 5.82 Å². The van der Waals surface area contributed by atoms with E-state index in [1.165, 1.54) is 16.9 Å². The van der Waals surface area contributed by atoms with Crippen LogP contribution in [-0.4, -0.2) is 35.9 Å². The molecule has 9 heteroatoms. The van der Waals surface area contributed by atoms with Gasteiger partial charge in [0.25, 0.3) is 5.91 Å². The largest absolute Gasteiger partial charge is 0.347 e. The number of tetrazole rings is 1. The average molecular weight is 377 g/mol. The van der Waals surface area contributed by atoms with E-state index >= 15 is 0 Å². The number of carbonyl (C=O) groups excluding carboxylic acids is 1. The van der Waals surface area contributed by atoms with E-state index in [4.69, 9.17) is 0 Å². The van der Waals surface area contributed by atoms with Gasteiger partial charge < -0.3 is 5.32 Å². The van der Waals surface area contributed by atoms with Gasteiger partial charge in [0.1, 0.15) is 11.5 Å². The fraction of sp³-hybridized carbons (Fsp3) is 0.105. The zero-order chi connectivity index (χ0) is 19.3. The lowest BCUT2D eigenvalue weighted by Crippen LogP contribution is -2.23. The van der Waals surface area contributed by atoms with Gasteiger partial charge in [-0.05, 0) is 29.0 Å². The first-order valence-electron chi connectivity index (χ1n) is 8.57. The second kappa shape index (κ2) is 7.78. The van der Waals surface area contributed by atoms with E-state index in [1.807, 2.05) is 30.3 Å². The van der Waals surface area contributed by atoms with Crippen LogP contribution in [-0.2, 0) is 13.2 Å². The van der Waals surface area contributed by atoms with Gasteiger partial charge >= 0.3 is 0 Å². The van der Waals surface area contributed by atoms with E-state index < -0.39 is 0 Å². The summed E-state index contributed by atoms with van der Waals surface area (Å²) in [5, 5.41) is 19.3. The lowest BCUT2D eigenvalue weighted by molar-refractivity contribution is 0.0945. The lowest BCUT2D eigenvalue weighted by atomic mass is 10.2. The number of amides is 1. The van der Waals surface area contributed by atoms with Crippen molar-refractivity contribution in [3.05, 3.63) is 83.9 Å². The molecule has 2 aromatic carbocycles. The van der Waals surface area contributed by atoms with Gasteiger partial charge in [-0.3, -0.25) is 4.79 Å². The Bertz CT molecular complexity index is 1070. The van der Waals surface area contributed by atoms with Crippen molar-refractivity contribution in [1.29, 1.82) is 0 Å². The quantitative estimate of drug-likeness (QED) is 0.556. The Labute approximate surface area is 159 Å². The molecule has 1 amide bonds. The van der Waals surface area contributed by atoms with Crippen LogP contribution in [0.1, 0.15) is 16.1 Å². The van der Waals surface area contributed by atoms with Crippen LogP contribution in [0.5, 0.6) is 0 Å². The number of carbonyl (C=O) groups is 1. The van der Waals surface area contributed by atoms with Gasteiger partial charge in [-0.1, -0.05) is 42.5 Å². The van der Waals surface area contributed by atoms with Crippen molar-refractivity contribution in [1.82, 2.24) is 35.3 Å². The molecule has 140 valence electrons. The summed E-state index contributed by atoms with van der Waals surface area (Å²) in [6.07, 6.45) is 1.67. The SMILES string of the molecule is O=C(NCc1ccc(F)cc1)c1ccn(Cn2nnc(-c3ccccc3)n2)n1. The first-order chi connectivity index (χ1) is 13.7. The predicted octanol–water partition coefficient (Wildman–Crippen LogP) is 2.11. The smallest absolute Gasteiger partial charge is 0.272 e. The fourth-order valence-corrected chi connectivity index (χ4v) is 2.57. The molecule has 2 heterocycles. The standard InChI is InChI=1S/C19H16FN7O/c20-16-8-6-14(7-9-16)12-21-19(28)17-10-11-26(23-17)13-27-24-18(22-25-27)15-4-2-1-3-5-15/h1-11H,12-13H2,(H,21,28). The van der Waals surface area contributed by atoms with Crippen LogP contribution >= 0.6 is 0 Å². The third-order valence-electron chi connectivity index (χ3n) is 4.00. The number of hydrogen-bond acceptors (Lipinski definition) is 5. The monoisotopic (exact) mass is 377 g/mol. The molecule has 2 aromatic heterocycles. The Morgan fingerprint density at radius 1 is 1.00 bits per heavy atom.